The van der Waals surface area contributed by atoms with Crippen LogP contribution in [0.5, 0.6) is 0 Å². The molecule has 0 radical (unpaired) electrons. The van der Waals surface area contributed by atoms with Crippen LogP contribution in [0.1, 0.15) is 90.4 Å². The van der Waals surface area contributed by atoms with Crippen LogP contribution in [0.25, 0.3) is 55.0 Å². The third-order valence-corrected chi connectivity index (χ3v) is 14.9. The Hall–Kier alpha value is -7.42. The van der Waals surface area contributed by atoms with Crippen molar-refractivity contribution < 1.29 is 0 Å². The van der Waals surface area contributed by atoms with E-state index in [9.17, 15) is 0 Å². The third-order valence-electron chi connectivity index (χ3n) is 14.9. The van der Waals surface area contributed by atoms with Crippen LogP contribution in [-0.2, 0) is 0 Å². The molecule has 6 aliphatic carbocycles. The van der Waals surface area contributed by atoms with Crippen molar-refractivity contribution in [1.82, 2.24) is 9.13 Å². The van der Waals surface area contributed by atoms with Crippen LogP contribution >= 0.6 is 0 Å². The first-order chi connectivity index (χ1) is 29.8. The van der Waals surface area contributed by atoms with Crippen molar-refractivity contribution in [3.63, 3.8) is 0 Å². The maximum Gasteiger partial charge on any atom is 0.0544 e. The van der Waals surface area contributed by atoms with Gasteiger partial charge in [-0.2, -0.15) is 0 Å². The van der Waals surface area contributed by atoms with Crippen LogP contribution in [0.15, 0.2) is 194 Å². The predicted molar refractivity (Wildman–Crippen MR) is 245 cm³/mol. The molecule has 0 saturated carbocycles. The van der Waals surface area contributed by atoms with E-state index in [1.807, 2.05) is 0 Å². The number of hydrogen-bond donors (Lipinski definition) is 0. The molecule has 2 heterocycles. The molecule has 0 N–H and O–H groups in total. The lowest BCUT2D eigenvalue weighted by molar-refractivity contribution is 0.761. The summed E-state index contributed by atoms with van der Waals surface area (Å²) in [6, 6.07) is 73.8. The second-order valence-electron chi connectivity index (χ2n) is 17.4. The highest BCUT2D eigenvalue weighted by molar-refractivity contribution is 6.14. The van der Waals surface area contributed by atoms with Gasteiger partial charge in [0.25, 0.3) is 0 Å². The van der Waals surface area contributed by atoms with Crippen molar-refractivity contribution in [2.24, 2.45) is 0 Å². The zero-order valence-electron chi connectivity index (χ0n) is 32.7. The average Bonchev–Trinajstić information content (AvgIpc) is 3.85. The lowest BCUT2D eigenvalue weighted by Crippen LogP contribution is -2.27. The quantitative estimate of drug-likeness (QED) is 0.166. The Labute approximate surface area is 347 Å². The van der Waals surface area contributed by atoms with E-state index < -0.39 is 0 Å². The molecule has 11 aromatic rings. The van der Waals surface area contributed by atoms with Gasteiger partial charge in [0.1, 0.15) is 0 Å². The van der Waals surface area contributed by atoms with E-state index >= 15 is 0 Å². The summed E-state index contributed by atoms with van der Waals surface area (Å²) in [5, 5.41) is 5.41. The van der Waals surface area contributed by atoms with E-state index in [1.165, 1.54) is 122 Å². The Kier molecular flexibility index (Phi) is 5.89. The van der Waals surface area contributed by atoms with E-state index in [1.54, 1.807) is 0 Å². The molecule has 4 bridgehead atoms. The first-order valence-electron chi connectivity index (χ1n) is 21.4. The van der Waals surface area contributed by atoms with Crippen molar-refractivity contribution >= 4 is 43.6 Å². The van der Waals surface area contributed by atoms with Gasteiger partial charge in [-0.05, 0) is 115 Å². The molecule has 6 aliphatic rings. The van der Waals surface area contributed by atoms with E-state index in [0.29, 0.717) is 0 Å². The molecule has 0 fully saturated rings. The van der Waals surface area contributed by atoms with Crippen molar-refractivity contribution in [2.45, 2.75) is 23.7 Å². The van der Waals surface area contributed by atoms with Gasteiger partial charge in [-0.15, -0.1) is 0 Å². The SMILES string of the molecule is c1ccc2c(c1)C1c3ccccc3C2c2c1ccc1c2c2ccccc2n1-c1ccc(-n2c3ccccc3c3c4c(ccc32)C2c3ccccc3C4c3ccccc32)cc1. The average molecular weight is 761 g/mol. The Balaban J connectivity index is 0.927. The number of benzene rings is 9. The van der Waals surface area contributed by atoms with Crippen molar-refractivity contribution in [2.75, 3.05) is 0 Å². The van der Waals surface area contributed by atoms with Crippen molar-refractivity contribution in [3.8, 4) is 11.4 Å². The topological polar surface area (TPSA) is 9.86 Å². The summed E-state index contributed by atoms with van der Waals surface area (Å²) in [6.45, 7) is 0. The van der Waals surface area contributed by atoms with E-state index in [2.05, 4.69) is 203 Å². The molecule has 2 heteroatoms. The van der Waals surface area contributed by atoms with E-state index in [-0.39, 0.29) is 23.7 Å². The third kappa shape index (κ3) is 3.73. The minimum atomic E-state index is 0.209. The van der Waals surface area contributed by atoms with Gasteiger partial charge in [0, 0.05) is 56.6 Å². The van der Waals surface area contributed by atoms with Gasteiger partial charge in [0.05, 0.1) is 22.1 Å². The highest BCUT2D eigenvalue weighted by Gasteiger charge is 2.44. The first kappa shape index (κ1) is 31.6. The lowest BCUT2D eigenvalue weighted by Gasteiger charge is -2.42. The van der Waals surface area contributed by atoms with Crippen LogP contribution in [0, 0.1) is 0 Å². The Morgan fingerprint density at radius 1 is 0.233 bits per heavy atom. The van der Waals surface area contributed by atoms with Gasteiger partial charge < -0.3 is 9.13 Å². The summed E-state index contributed by atoms with van der Waals surface area (Å²) < 4.78 is 5.01. The second kappa shape index (κ2) is 11.2. The summed E-state index contributed by atoms with van der Waals surface area (Å²) in [4.78, 5) is 0. The molecule has 0 spiro atoms. The molecular formula is C58H36N2. The summed E-state index contributed by atoms with van der Waals surface area (Å²) in [5.41, 5.74) is 24.9. The molecule has 9 aromatic carbocycles. The largest absolute Gasteiger partial charge is 0.309 e. The zero-order chi connectivity index (χ0) is 38.8. The minimum Gasteiger partial charge on any atom is -0.309 e. The summed E-state index contributed by atoms with van der Waals surface area (Å²) in [7, 11) is 0. The fourth-order valence-corrected chi connectivity index (χ4v) is 12.7. The molecular weight excluding hydrogens is 725 g/mol. The number of rotatable bonds is 2. The fourth-order valence-electron chi connectivity index (χ4n) is 12.7. The van der Waals surface area contributed by atoms with Gasteiger partial charge >= 0.3 is 0 Å². The van der Waals surface area contributed by atoms with Crippen molar-refractivity contribution in [3.05, 3.63) is 261 Å². The summed E-state index contributed by atoms with van der Waals surface area (Å²) in [6.07, 6.45) is 0. The summed E-state index contributed by atoms with van der Waals surface area (Å²) >= 11 is 0. The highest BCUT2D eigenvalue weighted by Crippen LogP contribution is 2.60. The van der Waals surface area contributed by atoms with Gasteiger partial charge in [-0.25, -0.2) is 0 Å². The Morgan fingerprint density at radius 3 is 0.883 bits per heavy atom. The standard InChI is InChI=1S/C58H36N2/c1-5-17-39-35(13-1)51-36-14-2-6-18-40(36)53(39)57-45(51)29-31-49-55(57)43-21-9-11-23-47(43)59(49)33-25-27-34(28-26-33)60-48-24-12-10-22-44(48)56-50(60)32-30-46-52-37-15-3-7-19-41(37)54(58(46)56)42-20-8-4-16-38(42)52/h1-32,51-54H. The van der Waals surface area contributed by atoms with Crippen LogP contribution in [0.2, 0.25) is 0 Å². The van der Waals surface area contributed by atoms with Gasteiger partial charge in [-0.3, -0.25) is 0 Å². The van der Waals surface area contributed by atoms with Crippen LogP contribution in [-0.4, -0.2) is 9.13 Å². The maximum atomic E-state index is 2.50. The first-order valence-corrected chi connectivity index (χ1v) is 21.4. The molecule has 0 unspecified atom stereocenters. The van der Waals surface area contributed by atoms with E-state index in [0.717, 1.165) is 0 Å². The molecule has 0 aliphatic heterocycles. The van der Waals surface area contributed by atoms with Crippen molar-refractivity contribution in [1.29, 1.82) is 0 Å². The molecule has 2 nitrogen and oxygen atoms in total. The number of fused-ring (bicyclic) bond motifs is 6. The Bertz CT molecular complexity index is 3350. The van der Waals surface area contributed by atoms with Gasteiger partial charge in [-0.1, -0.05) is 146 Å². The molecule has 0 amide bonds. The molecule has 60 heavy (non-hydrogen) atoms. The molecule has 0 saturated heterocycles. The number of para-hydroxylation sites is 2. The smallest absolute Gasteiger partial charge is 0.0544 e. The second-order valence-corrected chi connectivity index (χ2v) is 17.4. The lowest BCUT2D eigenvalue weighted by atomic mass is 9.60. The minimum absolute atomic E-state index is 0.209. The van der Waals surface area contributed by atoms with Crippen LogP contribution in [0.4, 0.5) is 0 Å². The monoisotopic (exact) mass is 760 g/mol. The highest BCUT2D eigenvalue weighted by atomic mass is 15.0. The number of nitrogens with zero attached hydrogens (tertiary/aromatic N) is 2. The van der Waals surface area contributed by atoms with Gasteiger partial charge in [0.2, 0.25) is 0 Å². The predicted octanol–water partition coefficient (Wildman–Crippen LogP) is 13.9. The Morgan fingerprint density at radius 2 is 0.533 bits per heavy atom. The molecule has 278 valence electrons. The zero-order valence-corrected chi connectivity index (χ0v) is 32.7. The molecule has 2 aromatic heterocycles. The molecule has 17 rings (SSSR count). The molecule has 0 atom stereocenters. The maximum absolute atomic E-state index is 2.50. The van der Waals surface area contributed by atoms with Gasteiger partial charge in [0.15, 0.2) is 0 Å². The fraction of sp³-hybridized carbons (Fsp3) is 0.0690. The van der Waals surface area contributed by atoms with Crippen LogP contribution < -0.4 is 0 Å². The number of aromatic nitrogens is 2. The summed E-state index contributed by atoms with van der Waals surface area (Å²) in [5.74, 6) is 0.918. The van der Waals surface area contributed by atoms with E-state index in [4.69, 9.17) is 0 Å². The normalized spacial score (nSPS) is 18.7. The number of hydrogen-bond acceptors (Lipinski definition) is 0. The van der Waals surface area contributed by atoms with Crippen LogP contribution in [0.3, 0.4) is 0 Å².